The minimum absolute atomic E-state index is 0.00464. The number of halogens is 3. The number of ketones is 1. The lowest BCUT2D eigenvalue weighted by molar-refractivity contribution is 0.0989. The van der Waals surface area contributed by atoms with Crippen molar-refractivity contribution in [3.63, 3.8) is 0 Å². The number of carbonyl (C=O) groups excluding carboxylic acids is 1. The van der Waals surface area contributed by atoms with Crippen LogP contribution in [0, 0.1) is 11.6 Å². The maximum absolute atomic E-state index is 14.0. The fourth-order valence-electron chi connectivity index (χ4n) is 3.09. The molecule has 0 aliphatic rings. The zero-order valence-corrected chi connectivity index (χ0v) is 16.8. The van der Waals surface area contributed by atoms with Crippen LogP contribution in [-0.4, -0.2) is 23.4 Å². The molecule has 4 rings (SSSR count). The van der Waals surface area contributed by atoms with Crippen LogP contribution in [0.4, 0.5) is 8.78 Å². The zero-order chi connectivity index (χ0) is 21.5. The highest BCUT2D eigenvalue weighted by atomic mass is 35.5. The number of nitrogens with zero attached hydrogens (tertiary/aromatic N) is 2. The van der Waals surface area contributed by atoms with Gasteiger partial charge < -0.3 is 0 Å². The summed E-state index contributed by atoms with van der Waals surface area (Å²) >= 11 is 5.95. The standard InChI is InChI=1S/C21H13ClF2N2O3S/c22-17-2-1-3-18(24)21(17)20(27)11-13-4-5-14-12-25-26(19(14)10-13)30(28,29)16-8-6-15(23)7-9-16/h1-10,12H,11H2. The van der Waals surface area contributed by atoms with Gasteiger partial charge in [-0.1, -0.05) is 29.8 Å². The average Bonchev–Trinajstić information content (AvgIpc) is 3.12. The van der Waals surface area contributed by atoms with E-state index in [0.29, 0.717) is 10.9 Å². The Morgan fingerprint density at radius 3 is 2.47 bits per heavy atom. The molecule has 0 N–H and O–H groups in total. The minimum atomic E-state index is -4.08. The van der Waals surface area contributed by atoms with E-state index in [4.69, 9.17) is 11.6 Å². The molecule has 0 atom stereocenters. The van der Waals surface area contributed by atoms with E-state index >= 15 is 0 Å². The largest absolute Gasteiger partial charge is 0.294 e. The minimum Gasteiger partial charge on any atom is -0.294 e. The number of carbonyl (C=O) groups is 1. The van der Waals surface area contributed by atoms with Crippen molar-refractivity contribution < 1.29 is 22.0 Å². The van der Waals surface area contributed by atoms with Gasteiger partial charge in [0.05, 0.1) is 27.2 Å². The molecule has 0 saturated heterocycles. The van der Waals surface area contributed by atoms with Crippen LogP contribution < -0.4 is 0 Å². The van der Waals surface area contributed by atoms with Crippen molar-refractivity contribution in [3.8, 4) is 0 Å². The van der Waals surface area contributed by atoms with E-state index in [0.717, 1.165) is 34.4 Å². The van der Waals surface area contributed by atoms with Crippen LogP contribution in [0.5, 0.6) is 0 Å². The Kier molecular flexibility index (Phi) is 5.13. The summed E-state index contributed by atoms with van der Waals surface area (Å²) in [5.74, 6) is -1.82. The molecule has 0 fully saturated rings. The van der Waals surface area contributed by atoms with Crippen LogP contribution in [0.2, 0.25) is 5.02 Å². The van der Waals surface area contributed by atoms with Gasteiger partial charge in [-0.05, 0) is 48.0 Å². The monoisotopic (exact) mass is 446 g/mol. The summed E-state index contributed by atoms with van der Waals surface area (Å²) in [6.45, 7) is 0. The second-order valence-corrected chi connectivity index (χ2v) is 8.71. The Balaban J connectivity index is 1.73. The van der Waals surface area contributed by atoms with E-state index in [2.05, 4.69) is 5.10 Å². The molecule has 0 amide bonds. The number of benzene rings is 3. The highest BCUT2D eigenvalue weighted by molar-refractivity contribution is 7.90. The summed E-state index contributed by atoms with van der Waals surface area (Å²) < 4.78 is 53.8. The van der Waals surface area contributed by atoms with Crippen LogP contribution in [0.25, 0.3) is 10.9 Å². The first-order valence-corrected chi connectivity index (χ1v) is 10.5. The van der Waals surface area contributed by atoms with Crippen molar-refractivity contribution in [2.24, 2.45) is 0 Å². The van der Waals surface area contributed by atoms with Gasteiger partial charge in [-0.2, -0.15) is 17.6 Å². The zero-order valence-electron chi connectivity index (χ0n) is 15.2. The highest BCUT2D eigenvalue weighted by Crippen LogP contribution is 2.24. The third-order valence-corrected chi connectivity index (χ3v) is 6.48. The summed E-state index contributed by atoms with van der Waals surface area (Å²) in [5.41, 5.74) is 0.485. The topological polar surface area (TPSA) is 69.0 Å². The lowest BCUT2D eigenvalue weighted by Gasteiger charge is -2.08. The molecule has 3 aromatic carbocycles. The van der Waals surface area contributed by atoms with Gasteiger partial charge in [0.25, 0.3) is 10.0 Å². The first kappa shape index (κ1) is 20.2. The molecular formula is C21H13ClF2N2O3S. The number of Topliss-reactive ketones (excluding diaryl/α,β-unsaturated/α-hetero) is 1. The van der Waals surface area contributed by atoms with Gasteiger partial charge in [-0.15, -0.1) is 0 Å². The fraction of sp³-hybridized carbons (Fsp3) is 0.0476. The lowest BCUT2D eigenvalue weighted by Crippen LogP contribution is -2.14. The smallest absolute Gasteiger partial charge is 0.283 e. The Morgan fingerprint density at radius 2 is 1.77 bits per heavy atom. The first-order chi connectivity index (χ1) is 14.3. The molecule has 0 bridgehead atoms. The van der Waals surface area contributed by atoms with Crippen LogP contribution in [-0.2, 0) is 16.4 Å². The maximum atomic E-state index is 14.0. The molecule has 30 heavy (non-hydrogen) atoms. The Morgan fingerprint density at radius 1 is 1.03 bits per heavy atom. The predicted octanol–water partition coefficient (Wildman–Crippen LogP) is 4.63. The molecule has 0 aliphatic carbocycles. The molecule has 0 saturated carbocycles. The first-order valence-electron chi connectivity index (χ1n) is 8.72. The van der Waals surface area contributed by atoms with E-state index in [9.17, 15) is 22.0 Å². The average molecular weight is 447 g/mol. The van der Waals surface area contributed by atoms with Gasteiger partial charge in [0.15, 0.2) is 5.78 Å². The normalized spacial score (nSPS) is 11.7. The van der Waals surface area contributed by atoms with Gasteiger partial charge in [-0.3, -0.25) is 4.79 Å². The maximum Gasteiger partial charge on any atom is 0.283 e. The molecule has 0 aliphatic heterocycles. The van der Waals surface area contributed by atoms with Crippen LogP contribution in [0.1, 0.15) is 15.9 Å². The summed E-state index contributed by atoms with van der Waals surface area (Å²) in [6.07, 6.45) is 1.19. The third kappa shape index (κ3) is 3.59. The second-order valence-electron chi connectivity index (χ2n) is 6.54. The number of hydrogen-bond donors (Lipinski definition) is 0. The highest BCUT2D eigenvalue weighted by Gasteiger charge is 2.22. The van der Waals surface area contributed by atoms with E-state index in [1.54, 1.807) is 12.1 Å². The van der Waals surface area contributed by atoms with Gasteiger partial charge in [-0.25, -0.2) is 8.78 Å². The quantitative estimate of drug-likeness (QED) is 0.419. The molecule has 9 heteroatoms. The molecule has 1 heterocycles. The molecule has 1 aromatic heterocycles. The van der Waals surface area contributed by atoms with Crippen molar-refractivity contribution in [2.45, 2.75) is 11.3 Å². The fourth-order valence-corrected chi connectivity index (χ4v) is 4.62. The molecule has 4 aromatic rings. The van der Waals surface area contributed by atoms with Gasteiger partial charge in [0.1, 0.15) is 11.6 Å². The summed E-state index contributed by atoms with van der Waals surface area (Å²) in [4.78, 5) is 12.4. The summed E-state index contributed by atoms with van der Waals surface area (Å²) in [6, 6.07) is 13.1. The molecule has 152 valence electrons. The van der Waals surface area contributed by atoms with Crippen molar-refractivity contribution in [1.29, 1.82) is 0 Å². The van der Waals surface area contributed by atoms with Crippen LogP contribution >= 0.6 is 11.6 Å². The Labute approximate surface area is 175 Å². The number of aromatic nitrogens is 2. The number of hydrogen-bond acceptors (Lipinski definition) is 4. The van der Waals surface area contributed by atoms with E-state index < -0.39 is 27.4 Å². The predicted molar refractivity (Wildman–Crippen MR) is 108 cm³/mol. The Bertz CT molecular complexity index is 1360. The molecule has 0 spiro atoms. The molecule has 0 unspecified atom stereocenters. The van der Waals surface area contributed by atoms with Crippen molar-refractivity contribution in [1.82, 2.24) is 9.19 Å². The molecule has 5 nitrogen and oxygen atoms in total. The van der Waals surface area contributed by atoms with E-state index in [-0.39, 0.29) is 27.4 Å². The SMILES string of the molecule is O=C(Cc1ccc2cnn(S(=O)(=O)c3ccc(F)cc3)c2c1)c1c(F)cccc1Cl. The van der Waals surface area contributed by atoms with Crippen molar-refractivity contribution in [3.05, 3.63) is 94.6 Å². The summed E-state index contributed by atoms with van der Waals surface area (Å²) in [7, 11) is -4.08. The number of fused-ring (bicyclic) bond motifs is 1. The molecular weight excluding hydrogens is 434 g/mol. The van der Waals surface area contributed by atoms with E-state index in [1.807, 2.05) is 0 Å². The second kappa shape index (κ2) is 7.62. The lowest BCUT2D eigenvalue weighted by atomic mass is 10.0. The summed E-state index contributed by atoms with van der Waals surface area (Å²) in [5, 5.41) is 4.47. The van der Waals surface area contributed by atoms with Gasteiger partial charge in [0.2, 0.25) is 0 Å². The van der Waals surface area contributed by atoms with Crippen molar-refractivity contribution in [2.75, 3.05) is 0 Å². The van der Waals surface area contributed by atoms with Crippen molar-refractivity contribution >= 4 is 38.3 Å². The third-order valence-electron chi connectivity index (χ3n) is 4.55. The number of rotatable bonds is 5. The van der Waals surface area contributed by atoms with Gasteiger partial charge in [0, 0.05) is 11.8 Å². The van der Waals surface area contributed by atoms with Crippen LogP contribution in [0.15, 0.2) is 71.8 Å². The van der Waals surface area contributed by atoms with Gasteiger partial charge >= 0.3 is 0 Å². The molecule has 0 radical (unpaired) electrons. The van der Waals surface area contributed by atoms with E-state index in [1.165, 1.54) is 24.4 Å². The Hall–Kier alpha value is -3.10. The van der Waals surface area contributed by atoms with Crippen LogP contribution in [0.3, 0.4) is 0 Å².